The smallest absolute Gasteiger partial charge is 0.0540 e. The van der Waals surface area contributed by atoms with Crippen LogP contribution in [0.3, 0.4) is 0 Å². The van der Waals surface area contributed by atoms with E-state index in [9.17, 15) is 10.2 Å². The lowest BCUT2D eigenvalue weighted by Gasteiger charge is -2.08. The molecular formula is C20H42O2. The number of rotatable bonds is 17. The summed E-state index contributed by atoms with van der Waals surface area (Å²) in [6.45, 7) is 4.19. The Bertz CT molecular complexity index is 206. The molecule has 2 nitrogen and oxygen atoms in total. The molecule has 0 aliphatic carbocycles. The molecule has 0 aromatic rings. The van der Waals surface area contributed by atoms with E-state index < -0.39 is 0 Å². The minimum absolute atomic E-state index is 0.0524. The molecule has 22 heavy (non-hydrogen) atoms. The fourth-order valence-electron chi connectivity index (χ4n) is 3.03. The maximum Gasteiger partial charge on any atom is 0.0540 e. The monoisotopic (exact) mass is 314 g/mol. The molecule has 0 spiro atoms. The summed E-state index contributed by atoms with van der Waals surface area (Å²) < 4.78 is 0. The van der Waals surface area contributed by atoms with Gasteiger partial charge in [-0.05, 0) is 25.7 Å². The van der Waals surface area contributed by atoms with Crippen molar-refractivity contribution in [1.82, 2.24) is 0 Å². The highest BCUT2D eigenvalue weighted by molar-refractivity contribution is 4.56. The average molecular weight is 315 g/mol. The first-order valence-electron chi connectivity index (χ1n) is 10.1. The summed E-state index contributed by atoms with van der Waals surface area (Å²) in [5.74, 6) is 0. The lowest BCUT2D eigenvalue weighted by molar-refractivity contribution is 0.150. The number of hydrogen-bond acceptors (Lipinski definition) is 2. The van der Waals surface area contributed by atoms with Crippen LogP contribution in [0.15, 0.2) is 0 Å². The first-order chi connectivity index (χ1) is 10.7. The van der Waals surface area contributed by atoms with Gasteiger partial charge >= 0.3 is 0 Å². The van der Waals surface area contributed by atoms with Crippen LogP contribution in [0.2, 0.25) is 0 Å². The molecule has 0 amide bonds. The summed E-state index contributed by atoms with van der Waals surface area (Å²) in [5, 5.41) is 19.1. The zero-order valence-corrected chi connectivity index (χ0v) is 15.4. The molecule has 2 atom stereocenters. The van der Waals surface area contributed by atoms with E-state index >= 15 is 0 Å². The SMILES string of the molecule is CCCC(O)CCCCCCCCCCCCCC(O)CC. The van der Waals surface area contributed by atoms with Crippen molar-refractivity contribution < 1.29 is 10.2 Å². The first kappa shape index (κ1) is 21.9. The zero-order chi connectivity index (χ0) is 16.5. The van der Waals surface area contributed by atoms with Crippen LogP contribution in [0.1, 0.15) is 117 Å². The van der Waals surface area contributed by atoms with E-state index in [1.54, 1.807) is 0 Å². The van der Waals surface area contributed by atoms with Crippen molar-refractivity contribution >= 4 is 0 Å². The van der Waals surface area contributed by atoms with Crippen molar-refractivity contribution in [2.45, 2.75) is 129 Å². The Labute approximate surface area is 139 Å². The molecule has 0 aromatic carbocycles. The highest BCUT2D eigenvalue weighted by atomic mass is 16.3. The van der Waals surface area contributed by atoms with Gasteiger partial charge in [0.05, 0.1) is 12.2 Å². The van der Waals surface area contributed by atoms with Crippen LogP contribution in [-0.4, -0.2) is 22.4 Å². The summed E-state index contributed by atoms with van der Waals surface area (Å²) in [4.78, 5) is 0. The molecule has 134 valence electrons. The molecule has 0 saturated heterocycles. The average Bonchev–Trinajstić information content (AvgIpc) is 2.51. The highest BCUT2D eigenvalue weighted by Crippen LogP contribution is 2.14. The van der Waals surface area contributed by atoms with Gasteiger partial charge in [0.15, 0.2) is 0 Å². The Morgan fingerprint density at radius 2 is 0.864 bits per heavy atom. The van der Waals surface area contributed by atoms with Crippen LogP contribution in [0, 0.1) is 0 Å². The second-order valence-electron chi connectivity index (χ2n) is 6.97. The number of aliphatic hydroxyl groups is 2. The molecule has 0 aliphatic rings. The lowest BCUT2D eigenvalue weighted by atomic mass is 10.0. The van der Waals surface area contributed by atoms with Gasteiger partial charge in [-0.1, -0.05) is 90.9 Å². The van der Waals surface area contributed by atoms with E-state index in [-0.39, 0.29) is 12.2 Å². The molecule has 0 aromatic heterocycles. The summed E-state index contributed by atoms with van der Waals surface area (Å²) in [5.41, 5.74) is 0. The Morgan fingerprint density at radius 3 is 1.23 bits per heavy atom. The van der Waals surface area contributed by atoms with Gasteiger partial charge in [0.25, 0.3) is 0 Å². The zero-order valence-electron chi connectivity index (χ0n) is 15.4. The molecule has 2 heteroatoms. The lowest BCUT2D eigenvalue weighted by Crippen LogP contribution is -2.04. The van der Waals surface area contributed by atoms with Gasteiger partial charge < -0.3 is 10.2 Å². The van der Waals surface area contributed by atoms with Crippen molar-refractivity contribution in [2.75, 3.05) is 0 Å². The fourth-order valence-corrected chi connectivity index (χ4v) is 3.03. The van der Waals surface area contributed by atoms with E-state index in [0.717, 1.165) is 32.1 Å². The number of unbranched alkanes of at least 4 members (excludes halogenated alkanes) is 10. The topological polar surface area (TPSA) is 40.5 Å². The van der Waals surface area contributed by atoms with E-state index in [2.05, 4.69) is 13.8 Å². The minimum atomic E-state index is -0.0666. The van der Waals surface area contributed by atoms with Gasteiger partial charge in [0, 0.05) is 0 Å². The normalized spacial score (nSPS) is 14.2. The summed E-state index contributed by atoms with van der Waals surface area (Å²) >= 11 is 0. The summed E-state index contributed by atoms with van der Waals surface area (Å²) in [6, 6.07) is 0. The third-order valence-corrected chi connectivity index (χ3v) is 4.67. The third kappa shape index (κ3) is 16.3. The van der Waals surface area contributed by atoms with E-state index in [1.807, 2.05) is 0 Å². The molecule has 0 radical (unpaired) electrons. The summed E-state index contributed by atoms with van der Waals surface area (Å²) in [7, 11) is 0. The largest absolute Gasteiger partial charge is 0.393 e. The predicted molar refractivity (Wildman–Crippen MR) is 97.2 cm³/mol. The van der Waals surface area contributed by atoms with Gasteiger partial charge in [-0.2, -0.15) is 0 Å². The van der Waals surface area contributed by atoms with Crippen LogP contribution < -0.4 is 0 Å². The highest BCUT2D eigenvalue weighted by Gasteiger charge is 2.02. The van der Waals surface area contributed by atoms with Crippen LogP contribution >= 0.6 is 0 Å². The molecule has 0 rings (SSSR count). The van der Waals surface area contributed by atoms with Crippen molar-refractivity contribution in [3.8, 4) is 0 Å². The Hall–Kier alpha value is -0.0800. The van der Waals surface area contributed by atoms with Gasteiger partial charge in [0.1, 0.15) is 0 Å². The van der Waals surface area contributed by atoms with Crippen molar-refractivity contribution in [1.29, 1.82) is 0 Å². The maximum atomic E-state index is 9.64. The van der Waals surface area contributed by atoms with Crippen LogP contribution in [0.4, 0.5) is 0 Å². The van der Waals surface area contributed by atoms with Gasteiger partial charge in [-0.25, -0.2) is 0 Å². The van der Waals surface area contributed by atoms with Gasteiger partial charge in [-0.15, -0.1) is 0 Å². The molecule has 0 heterocycles. The minimum Gasteiger partial charge on any atom is -0.393 e. The molecule has 0 saturated carbocycles. The van der Waals surface area contributed by atoms with Crippen LogP contribution in [-0.2, 0) is 0 Å². The van der Waals surface area contributed by atoms with E-state index in [4.69, 9.17) is 0 Å². The van der Waals surface area contributed by atoms with E-state index in [0.29, 0.717) is 0 Å². The molecule has 0 bridgehead atoms. The molecule has 0 aliphatic heterocycles. The maximum absolute atomic E-state index is 9.64. The number of hydrogen-bond donors (Lipinski definition) is 2. The molecule has 2 unspecified atom stereocenters. The molecule has 2 N–H and O–H groups in total. The second kappa shape index (κ2) is 17.3. The first-order valence-corrected chi connectivity index (χ1v) is 10.1. The van der Waals surface area contributed by atoms with Crippen LogP contribution in [0.5, 0.6) is 0 Å². The van der Waals surface area contributed by atoms with Crippen molar-refractivity contribution in [2.24, 2.45) is 0 Å². The number of aliphatic hydroxyl groups excluding tert-OH is 2. The fraction of sp³-hybridized carbons (Fsp3) is 1.00. The summed E-state index contributed by atoms with van der Waals surface area (Å²) in [6.07, 6.45) is 19.4. The standard InChI is InChI=1S/C20H42O2/c1-3-16-20(22)18-15-13-11-9-7-5-6-8-10-12-14-17-19(21)4-2/h19-22H,3-18H2,1-2H3. The third-order valence-electron chi connectivity index (χ3n) is 4.67. The Kier molecular flexibility index (Phi) is 17.2. The van der Waals surface area contributed by atoms with Gasteiger partial charge in [-0.3, -0.25) is 0 Å². The molecular weight excluding hydrogens is 272 g/mol. The van der Waals surface area contributed by atoms with Crippen molar-refractivity contribution in [3.63, 3.8) is 0 Å². The molecule has 0 fully saturated rings. The Morgan fingerprint density at radius 1 is 0.500 bits per heavy atom. The second-order valence-corrected chi connectivity index (χ2v) is 6.97. The Balaban J connectivity index is 3.05. The van der Waals surface area contributed by atoms with Crippen molar-refractivity contribution in [3.05, 3.63) is 0 Å². The van der Waals surface area contributed by atoms with Gasteiger partial charge in [0.2, 0.25) is 0 Å². The predicted octanol–water partition coefficient (Wildman–Crippen LogP) is 5.99. The van der Waals surface area contributed by atoms with E-state index in [1.165, 1.54) is 70.6 Å². The quantitative estimate of drug-likeness (QED) is 0.324. The van der Waals surface area contributed by atoms with Crippen LogP contribution in [0.25, 0.3) is 0 Å².